The number of aliphatic hydroxyl groups excluding tert-OH is 1. The number of aryl methyl sites for hydroxylation is 1. The number of piperidine rings is 1. The van der Waals surface area contributed by atoms with Gasteiger partial charge in [0.15, 0.2) is 0 Å². The summed E-state index contributed by atoms with van der Waals surface area (Å²) in [6, 6.07) is 6.42. The summed E-state index contributed by atoms with van der Waals surface area (Å²) in [4.78, 5) is 14.1. The lowest BCUT2D eigenvalue weighted by atomic mass is 9.90. The molecule has 2 N–H and O–H groups in total. The van der Waals surface area contributed by atoms with Crippen LogP contribution in [0.1, 0.15) is 24.0 Å². The largest absolute Gasteiger partial charge is 0.392 e. The van der Waals surface area contributed by atoms with Crippen LogP contribution in [0.5, 0.6) is 0 Å². The molecule has 2 aliphatic rings. The number of carbonyl (C=O) groups is 1. The molecule has 0 spiro atoms. The Morgan fingerprint density at radius 1 is 1.47 bits per heavy atom. The lowest BCUT2D eigenvalue weighted by Gasteiger charge is -2.38. The molecule has 3 rings (SSSR count). The molecule has 0 radical (unpaired) electrons. The highest BCUT2D eigenvalue weighted by molar-refractivity contribution is 5.83. The van der Waals surface area contributed by atoms with Crippen LogP contribution < -0.4 is 10.2 Å². The molecule has 2 saturated heterocycles. The van der Waals surface area contributed by atoms with Gasteiger partial charge in [0, 0.05) is 24.3 Å². The fraction of sp³-hybridized carbons (Fsp3) is 0.533. The van der Waals surface area contributed by atoms with Gasteiger partial charge in [0.2, 0.25) is 5.91 Å². The predicted octanol–water partition coefficient (Wildman–Crippen LogP) is 1.20. The first-order valence-corrected chi connectivity index (χ1v) is 6.95. The van der Waals surface area contributed by atoms with E-state index in [0.717, 1.165) is 42.7 Å². The van der Waals surface area contributed by atoms with Crippen LogP contribution in [-0.4, -0.2) is 30.1 Å². The topological polar surface area (TPSA) is 52.6 Å². The zero-order valence-corrected chi connectivity index (χ0v) is 11.2. The van der Waals surface area contributed by atoms with Gasteiger partial charge in [-0.25, -0.2) is 0 Å². The summed E-state index contributed by atoms with van der Waals surface area (Å²) in [5.74, 6) is 0.300. The smallest absolute Gasteiger partial charge is 0.225 e. The third-order valence-corrected chi connectivity index (χ3v) is 4.32. The first-order chi connectivity index (χ1) is 9.20. The Morgan fingerprint density at radius 2 is 2.32 bits per heavy atom. The predicted molar refractivity (Wildman–Crippen MR) is 74.0 cm³/mol. The van der Waals surface area contributed by atoms with Gasteiger partial charge in [-0.3, -0.25) is 4.79 Å². The van der Waals surface area contributed by atoms with E-state index in [0.29, 0.717) is 0 Å². The molecule has 2 fully saturated rings. The average Bonchev–Trinajstić information content (AvgIpc) is 2.81. The summed E-state index contributed by atoms with van der Waals surface area (Å²) in [7, 11) is 0. The van der Waals surface area contributed by atoms with Crippen LogP contribution in [0.25, 0.3) is 0 Å². The third kappa shape index (κ3) is 2.10. The molecular formula is C15H20N2O2. The number of nitrogens with zero attached hydrogens (tertiary/aromatic N) is 1. The number of carbonyl (C=O) groups excluding carboxylic acids is 1. The summed E-state index contributed by atoms with van der Waals surface area (Å²) in [5, 5.41) is 12.5. The number of amides is 1. The molecule has 0 aromatic heterocycles. The lowest BCUT2D eigenvalue weighted by molar-refractivity contribution is -0.122. The van der Waals surface area contributed by atoms with Crippen molar-refractivity contribution in [3.63, 3.8) is 0 Å². The van der Waals surface area contributed by atoms with E-state index in [4.69, 9.17) is 0 Å². The second-order valence-electron chi connectivity index (χ2n) is 5.54. The SMILES string of the molecule is Cc1ccc(N2CCCC3C(=O)NCC32)c(CO)c1. The van der Waals surface area contributed by atoms with Gasteiger partial charge in [-0.2, -0.15) is 0 Å². The average molecular weight is 260 g/mol. The highest BCUT2D eigenvalue weighted by Crippen LogP contribution is 2.33. The molecule has 1 aromatic carbocycles. The van der Waals surface area contributed by atoms with Crippen LogP contribution in [0.15, 0.2) is 18.2 Å². The van der Waals surface area contributed by atoms with E-state index in [1.54, 1.807) is 0 Å². The van der Waals surface area contributed by atoms with Gasteiger partial charge in [0.05, 0.1) is 18.6 Å². The van der Waals surface area contributed by atoms with Crippen molar-refractivity contribution in [1.29, 1.82) is 0 Å². The summed E-state index contributed by atoms with van der Waals surface area (Å²) >= 11 is 0. The van der Waals surface area contributed by atoms with Crippen LogP contribution >= 0.6 is 0 Å². The highest BCUT2D eigenvalue weighted by atomic mass is 16.3. The minimum absolute atomic E-state index is 0.0479. The van der Waals surface area contributed by atoms with Crippen molar-refractivity contribution in [2.45, 2.75) is 32.4 Å². The Morgan fingerprint density at radius 3 is 3.11 bits per heavy atom. The number of aliphatic hydroxyl groups is 1. The lowest BCUT2D eigenvalue weighted by Crippen LogP contribution is -2.46. The van der Waals surface area contributed by atoms with E-state index >= 15 is 0 Å². The van der Waals surface area contributed by atoms with Crippen molar-refractivity contribution in [2.24, 2.45) is 5.92 Å². The maximum absolute atomic E-state index is 11.8. The number of nitrogens with one attached hydrogen (secondary N) is 1. The Hall–Kier alpha value is -1.55. The maximum atomic E-state index is 11.8. The van der Waals surface area contributed by atoms with Crippen molar-refractivity contribution in [2.75, 3.05) is 18.0 Å². The van der Waals surface area contributed by atoms with Gasteiger partial charge in [0.1, 0.15) is 0 Å². The molecule has 4 heteroatoms. The molecule has 4 nitrogen and oxygen atoms in total. The second kappa shape index (κ2) is 4.85. The van der Waals surface area contributed by atoms with Crippen molar-refractivity contribution in [3.8, 4) is 0 Å². The van der Waals surface area contributed by atoms with E-state index < -0.39 is 0 Å². The quantitative estimate of drug-likeness (QED) is 0.840. The molecule has 2 aliphatic heterocycles. The Labute approximate surface area is 113 Å². The van der Waals surface area contributed by atoms with Crippen molar-refractivity contribution in [3.05, 3.63) is 29.3 Å². The summed E-state index contributed by atoms with van der Waals surface area (Å²) < 4.78 is 0. The molecule has 2 unspecified atom stereocenters. The Kier molecular flexibility index (Phi) is 3.19. The first-order valence-electron chi connectivity index (χ1n) is 6.95. The number of rotatable bonds is 2. The fourth-order valence-corrected chi connectivity index (χ4v) is 3.37. The van der Waals surface area contributed by atoms with Crippen LogP contribution in [0.2, 0.25) is 0 Å². The molecule has 1 aromatic rings. The third-order valence-electron chi connectivity index (χ3n) is 4.32. The number of hydrogen-bond acceptors (Lipinski definition) is 3. The van der Waals surface area contributed by atoms with Gasteiger partial charge in [0.25, 0.3) is 0 Å². The zero-order valence-electron chi connectivity index (χ0n) is 11.2. The van der Waals surface area contributed by atoms with E-state index in [-0.39, 0.29) is 24.5 Å². The minimum atomic E-state index is 0.0479. The molecule has 0 bridgehead atoms. The van der Waals surface area contributed by atoms with Crippen LogP contribution in [0.4, 0.5) is 5.69 Å². The molecule has 0 aliphatic carbocycles. The van der Waals surface area contributed by atoms with Gasteiger partial charge < -0.3 is 15.3 Å². The second-order valence-corrected chi connectivity index (χ2v) is 5.54. The molecular weight excluding hydrogens is 240 g/mol. The highest BCUT2D eigenvalue weighted by Gasteiger charge is 2.41. The molecule has 19 heavy (non-hydrogen) atoms. The van der Waals surface area contributed by atoms with Crippen LogP contribution in [0, 0.1) is 12.8 Å². The summed E-state index contributed by atoms with van der Waals surface area (Å²) in [6.07, 6.45) is 2.01. The first kappa shape index (κ1) is 12.5. The van der Waals surface area contributed by atoms with Crippen molar-refractivity contribution >= 4 is 11.6 Å². The van der Waals surface area contributed by atoms with Crippen molar-refractivity contribution in [1.82, 2.24) is 5.32 Å². The minimum Gasteiger partial charge on any atom is -0.392 e. The Bertz CT molecular complexity index is 501. The number of anilines is 1. The van der Waals surface area contributed by atoms with Gasteiger partial charge in [-0.15, -0.1) is 0 Å². The van der Waals surface area contributed by atoms with E-state index in [9.17, 15) is 9.90 Å². The molecule has 2 heterocycles. The molecule has 1 amide bonds. The number of hydrogen-bond donors (Lipinski definition) is 2. The molecule has 0 saturated carbocycles. The Balaban J connectivity index is 1.95. The van der Waals surface area contributed by atoms with Gasteiger partial charge in [-0.1, -0.05) is 17.7 Å². The van der Waals surface area contributed by atoms with Crippen LogP contribution in [0.3, 0.4) is 0 Å². The summed E-state index contributed by atoms with van der Waals surface area (Å²) in [6.45, 7) is 3.77. The fourth-order valence-electron chi connectivity index (χ4n) is 3.37. The van der Waals surface area contributed by atoms with Crippen molar-refractivity contribution < 1.29 is 9.90 Å². The van der Waals surface area contributed by atoms with Gasteiger partial charge in [-0.05, 0) is 25.8 Å². The standard InChI is InChI=1S/C15H20N2O2/c1-10-4-5-13(11(7-10)9-18)17-6-2-3-12-14(17)8-16-15(12)19/h4-5,7,12,14,18H,2-3,6,8-9H2,1H3,(H,16,19). The van der Waals surface area contributed by atoms with E-state index in [1.165, 1.54) is 0 Å². The van der Waals surface area contributed by atoms with Crippen LogP contribution in [-0.2, 0) is 11.4 Å². The molecule has 102 valence electrons. The normalized spacial score (nSPS) is 26.2. The summed E-state index contributed by atoms with van der Waals surface area (Å²) in [5.41, 5.74) is 3.20. The zero-order chi connectivity index (χ0) is 13.4. The van der Waals surface area contributed by atoms with E-state index in [2.05, 4.69) is 22.3 Å². The number of benzene rings is 1. The van der Waals surface area contributed by atoms with Gasteiger partial charge >= 0.3 is 0 Å². The number of fused-ring (bicyclic) bond motifs is 1. The monoisotopic (exact) mass is 260 g/mol. The van der Waals surface area contributed by atoms with E-state index in [1.807, 2.05) is 13.0 Å². The maximum Gasteiger partial charge on any atom is 0.225 e. The molecule has 2 atom stereocenters.